The van der Waals surface area contributed by atoms with E-state index in [9.17, 15) is 0 Å². The summed E-state index contributed by atoms with van der Waals surface area (Å²) in [5.41, 5.74) is 9.19. The molecule has 0 aliphatic heterocycles. The van der Waals surface area contributed by atoms with Crippen LogP contribution in [0.2, 0.25) is 0 Å². The van der Waals surface area contributed by atoms with E-state index in [4.69, 9.17) is 0 Å². The molecule has 6 heterocycles. The summed E-state index contributed by atoms with van der Waals surface area (Å²) in [4.78, 5) is 22.3. The predicted molar refractivity (Wildman–Crippen MR) is 184 cm³/mol. The van der Waals surface area contributed by atoms with Crippen molar-refractivity contribution in [3.8, 4) is 0 Å². The van der Waals surface area contributed by atoms with Gasteiger partial charge in [0, 0.05) is 22.3 Å². The zero-order valence-electron chi connectivity index (χ0n) is 29.9. The fraction of sp³-hybridized carbons (Fsp3) is 0.514. The summed E-state index contributed by atoms with van der Waals surface area (Å²) in [6, 6.07) is 6.20. The second-order valence-corrected chi connectivity index (χ2v) is 14.9. The van der Waals surface area contributed by atoms with Crippen molar-refractivity contribution >= 4 is 33.2 Å². The van der Waals surface area contributed by atoms with Crippen molar-refractivity contribution in [1.82, 2.24) is 49.0 Å². The first-order valence-electron chi connectivity index (χ1n) is 15.5. The monoisotopic (exact) mass is 610 g/mol. The van der Waals surface area contributed by atoms with Crippen LogP contribution in [0.1, 0.15) is 96.5 Å². The molecule has 45 heavy (non-hydrogen) atoms. The minimum absolute atomic E-state index is 0.0205. The summed E-state index contributed by atoms with van der Waals surface area (Å²) in [6.07, 6.45) is 3.72. The number of aromatic nitrogens is 10. The summed E-state index contributed by atoms with van der Waals surface area (Å²) in [5.74, 6) is 0.797. The predicted octanol–water partition coefficient (Wildman–Crippen LogP) is 7.80. The first-order chi connectivity index (χ1) is 20.7. The molecule has 0 saturated heterocycles. The van der Waals surface area contributed by atoms with E-state index in [1.165, 1.54) is 5.56 Å². The molecule has 240 valence electrons. The second-order valence-electron chi connectivity index (χ2n) is 14.9. The molecule has 6 aromatic rings. The summed E-state index contributed by atoms with van der Waals surface area (Å²) >= 11 is 0. The van der Waals surface area contributed by atoms with Crippen LogP contribution in [0.3, 0.4) is 0 Å². The van der Waals surface area contributed by atoms with Crippen LogP contribution in [0.15, 0.2) is 30.7 Å². The first kappa shape index (κ1) is 33.7. The van der Waals surface area contributed by atoms with Gasteiger partial charge < -0.3 is 4.57 Å². The SMILES string of the molecule is Cc1cc(C)c2ncn(C(C)(C)C)c2n1.Cc1ccc2c(C)nn(C(C)(C)C)c2n1.Cc1nc(C)c2cnn(C(C)(C)C)c2n1. The van der Waals surface area contributed by atoms with Crippen molar-refractivity contribution in [2.45, 2.75) is 120 Å². The quantitative estimate of drug-likeness (QED) is 0.173. The minimum Gasteiger partial charge on any atom is -0.310 e. The molecule has 6 aromatic heterocycles. The van der Waals surface area contributed by atoms with Gasteiger partial charge in [0.2, 0.25) is 0 Å². The van der Waals surface area contributed by atoms with E-state index in [0.29, 0.717) is 0 Å². The molecule has 0 unspecified atom stereocenters. The van der Waals surface area contributed by atoms with E-state index in [-0.39, 0.29) is 16.6 Å². The maximum atomic E-state index is 4.56. The lowest BCUT2D eigenvalue weighted by Crippen LogP contribution is -2.23. The molecule has 0 aliphatic rings. The van der Waals surface area contributed by atoms with E-state index >= 15 is 0 Å². The highest BCUT2D eigenvalue weighted by Gasteiger charge is 2.21. The van der Waals surface area contributed by atoms with E-state index in [2.05, 4.69) is 121 Å². The van der Waals surface area contributed by atoms with Gasteiger partial charge in [-0.2, -0.15) is 10.2 Å². The Morgan fingerprint density at radius 1 is 0.578 bits per heavy atom. The van der Waals surface area contributed by atoms with E-state index in [1.54, 1.807) is 0 Å². The Labute approximate surface area is 267 Å². The maximum absolute atomic E-state index is 4.56. The number of hydrogen-bond acceptors (Lipinski definition) is 7. The highest BCUT2D eigenvalue weighted by molar-refractivity contribution is 5.79. The van der Waals surface area contributed by atoms with Gasteiger partial charge in [0.25, 0.3) is 0 Å². The smallest absolute Gasteiger partial charge is 0.162 e. The van der Waals surface area contributed by atoms with Crippen LogP contribution in [0.4, 0.5) is 0 Å². The summed E-state index contributed by atoms with van der Waals surface area (Å²) in [7, 11) is 0. The van der Waals surface area contributed by atoms with Crippen molar-refractivity contribution in [3.05, 3.63) is 64.9 Å². The number of pyridine rings is 2. The molecule has 10 heteroatoms. The molecule has 0 atom stereocenters. The van der Waals surface area contributed by atoms with Crippen LogP contribution >= 0.6 is 0 Å². The Balaban J connectivity index is 0.000000154. The van der Waals surface area contributed by atoms with Gasteiger partial charge in [0.15, 0.2) is 16.9 Å². The van der Waals surface area contributed by atoms with Crippen LogP contribution in [-0.4, -0.2) is 49.0 Å². The third-order valence-electron chi connectivity index (χ3n) is 7.40. The number of aryl methyl sites for hydroxylation is 6. The van der Waals surface area contributed by atoms with Crippen LogP contribution in [0.25, 0.3) is 33.2 Å². The molecule has 0 aliphatic carbocycles. The topological polar surface area (TPSA) is 105 Å². The van der Waals surface area contributed by atoms with Gasteiger partial charge in [-0.25, -0.2) is 34.3 Å². The minimum atomic E-state index is -0.0466. The molecule has 0 N–H and O–H groups in total. The first-order valence-corrected chi connectivity index (χ1v) is 15.5. The zero-order chi connectivity index (χ0) is 33.6. The molecular formula is C35H50N10. The van der Waals surface area contributed by atoms with Gasteiger partial charge in [-0.05, 0) is 128 Å². The van der Waals surface area contributed by atoms with Crippen LogP contribution in [-0.2, 0) is 16.6 Å². The van der Waals surface area contributed by atoms with Crippen molar-refractivity contribution in [1.29, 1.82) is 0 Å². The van der Waals surface area contributed by atoms with Gasteiger partial charge in [-0.1, -0.05) is 0 Å². The highest BCUT2D eigenvalue weighted by Crippen LogP contribution is 2.25. The molecule has 0 fully saturated rings. The Morgan fingerprint density at radius 3 is 1.78 bits per heavy atom. The summed E-state index contributed by atoms with van der Waals surface area (Å²) < 4.78 is 6.08. The molecule has 0 radical (unpaired) electrons. The molecule has 0 aromatic carbocycles. The standard InChI is InChI=1S/2C12H17N3.C11H16N4/c1-8-6-9(2)14-11-10(8)13-7-15(11)12(3,4)5;1-8-6-7-10-9(2)14-15(11(10)13-8)12(3,4)5;1-7-9-6-12-15(11(3,4)5)10(9)14-8(2)13-7/h2*6-7H,1-5H3;6H,1-5H3. The lowest BCUT2D eigenvalue weighted by Gasteiger charge is -2.21. The number of imidazole rings is 1. The molecule has 0 amide bonds. The lowest BCUT2D eigenvalue weighted by atomic mass is 10.1. The van der Waals surface area contributed by atoms with Crippen LogP contribution < -0.4 is 0 Å². The Kier molecular flexibility index (Phi) is 8.94. The maximum Gasteiger partial charge on any atom is 0.162 e. The normalized spacial score (nSPS) is 12.3. The van der Waals surface area contributed by atoms with E-state index < -0.39 is 0 Å². The van der Waals surface area contributed by atoms with Gasteiger partial charge in [-0.3, -0.25) is 0 Å². The fourth-order valence-corrected chi connectivity index (χ4v) is 5.18. The van der Waals surface area contributed by atoms with Gasteiger partial charge in [0.05, 0.1) is 40.4 Å². The zero-order valence-corrected chi connectivity index (χ0v) is 29.9. The fourth-order valence-electron chi connectivity index (χ4n) is 5.18. The van der Waals surface area contributed by atoms with Crippen LogP contribution in [0, 0.1) is 41.5 Å². The average Bonchev–Trinajstić information content (AvgIpc) is 3.59. The summed E-state index contributed by atoms with van der Waals surface area (Å²) in [5, 5.41) is 11.1. The third-order valence-corrected chi connectivity index (χ3v) is 7.40. The Morgan fingerprint density at radius 2 is 1.18 bits per heavy atom. The van der Waals surface area contributed by atoms with E-state index in [0.717, 1.165) is 61.8 Å². The van der Waals surface area contributed by atoms with E-state index in [1.807, 2.05) is 62.6 Å². The number of hydrogen-bond donors (Lipinski definition) is 0. The van der Waals surface area contributed by atoms with Gasteiger partial charge in [-0.15, -0.1) is 0 Å². The van der Waals surface area contributed by atoms with Crippen LogP contribution in [0.5, 0.6) is 0 Å². The number of fused-ring (bicyclic) bond motifs is 3. The van der Waals surface area contributed by atoms with Gasteiger partial charge in [0.1, 0.15) is 11.3 Å². The molecule has 6 rings (SSSR count). The number of rotatable bonds is 0. The Hall–Kier alpha value is -4.21. The van der Waals surface area contributed by atoms with Crippen molar-refractivity contribution in [2.75, 3.05) is 0 Å². The summed E-state index contributed by atoms with van der Waals surface area (Å²) in [6.45, 7) is 31.3. The number of nitrogens with zero attached hydrogens (tertiary/aromatic N) is 10. The molecule has 10 nitrogen and oxygen atoms in total. The third kappa shape index (κ3) is 7.21. The highest BCUT2D eigenvalue weighted by atomic mass is 15.3. The molecule has 0 saturated carbocycles. The molecule has 0 spiro atoms. The van der Waals surface area contributed by atoms with Crippen molar-refractivity contribution in [3.63, 3.8) is 0 Å². The lowest BCUT2D eigenvalue weighted by molar-refractivity contribution is 0.364. The molecular weight excluding hydrogens is 560 g/mol. The average molecular weight is 611 g/mol. The largest absolute Gasteiger partial charge is 0.310 e. The van der Waals surface area contributed by atoms with Crippen molar-refractivity contribution in [2.24, 2.45) is 0 Å². The molecule has 0 bridgehead atoms. The van der Waals surface area contributed by atoms with Crippen molar-refractivity contribution < 1.29 is 0 Å². The Bertz CT molecular complexity index is 1860. The van der Waals surface area contributed by atoms with Gasteiger partial charge >= 0.3 is 0 Å². The second kappa shape index (κ2) is 11.9.